The summed E-state index contributed by atoms with van der Waals surface area (Å²) < 4.78 is 34.4. The largest absolute Gasteiger partial charge is 0.466 e. The first-order valence-electron chi connectivity index (χ1n) is 9.96. The summed E-state index contributed by atoms with van der Waals surface area (Å²) in [7, 11) is 0. The van der Waals surface area contributed by atoms with Crippen LogP contribution in [0.25, 0.3) is 0 Å². The zero-order chi connectivity index (χ0) is 20.9. The van der Waals surface area contributed by atoms with Crippen LogP contribution in [0.3, 0.4) is 0 Å². The lowest BCUT2D eigenvalue weighted by atomic mass is 9.80. The molecule has 8 nitrogen and oxygen atoms in total. The van der Waals surface area contributed by atoms with Crippen LogP contribution in [0, 0.1) is 11.8 Å². The molecule has 0 amide bonds. The Morgan fingerprint density at radius 2 is 1.14 bits per heavy atom. The molecule has 2 rings (SSSR count). The van der Waals surface area contributed by atoms with Crippen LogP contribution in [-0.4, -0.2) is 49.9 Å². The fraction of sp³-hybridized carbons (Fsp3) is 0.800. The van der Waals surface area contributed by atoms with E-state index in [2.05, 4.69) is 0 Å². The zero-order valence-corrected chi connectivity index (χ0v) is 17.7. The number of carbonyl (C=O) groups excluding carboxylic acids is 2. The summed E-state index contributed by atoms with van der Waals surface area (Å²) in [5, 5.41) is 0. The summed E-state index contributed by atoms with van der Waals surface area (Å²) in [6.45, 7) is 11.9. The van der Waals surface area contributed by atoms with E-state index < -0.39 is 35.3 Å². The van der Waals surface area contributed by atoms with Gasteiger partial charge in [0.05, 0.1) is 25.0 Å². The maximum absolute atomic E-state index is 12.5. The molecule has 0 spiro atoms. The second kappa shape index (κ2) is 9.13. The summed E-state index contributed by atoms with van der Waals surface area (Å²) in [5.74, 6) is -3.76. The van der Waals surface area contributed by atoms with Crippen molar-refractivity contribution in [3.63, 3.8) is 0 Å². The van der Waals surface area contributed by atoms with Crippen molar-refractivity contribution in [1.29, 1.82) is 0 Å². The minimum Gasteiger partial charge on any atom is -0.466 e. The second-order valence-electron chi connectivity index (χ2n) is 6.93. The van der Waals surface area contributed by atoms with E-state index in [1.807, 2.05) is 13.8 Å². The predicted molar refractivity (Wildman–Crippen MR) is 98.7 cm³/mol. The molecule has 0 aromatic carbocycles. The van der Waals surface area contributed by atoms with E-state index >= 15 is 0 Å². The van der Waals surface area contributed by atoms with E-state index in [9.17, 15) is 9.59 Å². The van der Waals surface area contributed by atoms with Gasteiger partial charge in [0.25, 0.3) is 11.6 Å². The second-order valence-corrected chi connectivity index (χ2v) is 6.93. The minimum absolute atomic E-state index is 0.169. The molecule has 1 heterocycles. The van der Waals surface area contributed by atoms with E-state index in [-0.39, 0.29) is 26.1 Å². The minimum atomic E-state index is -1.20. The highest BCUT2D eigenvalue weighted by Crippen LogP contribution is 2.48. The molecule has 2 aliphatic rings. The molecule has 0 N–H and O–H groups in total. The number of hydrogen-bond acceptors (Lipinski definition) is 8. The molecule has 8 heteroatoms. The van der Waals surface area contributed by atoms with Crippen LogP contribution in [0.2, 0.25) is 0 Å². The van der Waals surface area contributed by atoms with Crippen molar-refractivity contribution in [3.8, 4) is 0 Å². The van der Waals surface area contributed by atoms with E-state index in [1.165, 1.54) is 0 Å². The highest BCUT2D eigenvalue weighted by atomic mass is 16.8. The number of hydrogen-bond donors (Lipinski definition) is 0. The summed E-state index contributed by atoms with van der Waals surface area (Å²) in [4.78, 5) is 25.0. The summed E-state index contributed by atoms with van der Waals surface area (Å²) in [5.41, 5.74) is 0. The molecule has 0 saturated carbocycles. The third kappa shape index (κ3) is 4.27. The lowest BCUT2D eigenvalue weighted by molar-refractivity contribution is -0.395. The van der Waals surface area contributed by atoms with Crippen LogP contribution < -0.4 is 0 Å². The Kier molecular flexibility index (Phi) is 7.33. The molecule has 0 saturated heterocycles. The number of ether oxygens (including phenoxy) is 6. The summed E-state index contributed by atoms with van der Waals surface area (Å²) in [6, 6.07) is 0. The highest BCUT2D eigenvalue weighted by molar-refractivity contribution is 5.83. The molecule has 1 aliphatic carbocycles. The average Bonchev–Trinajstić information content (AvgIpc) is 2.62. The van der Waals surface area contributed by atoms with Gasteiger partial charge in [-0.1, -0.05) is 0 Å². The van der Waals surface area contributed by atoms with Gasteiger partial charge >= 0.3 is 11.9 Å². The molecule has 0 fully saturated rings. The van der Waals surface area contributed by atoms with Crippen LogP contribution in [0.5, 0.6) is 0 Å². The van der Waals surface area contributed by atoms with Gasteiger partial charge in [-0.3, -0.25) is 9.59 Å². The van der Waals surface area contributed by atoms with Gasteiger partial charge < -0.3 is 28.4 Å². The van der Waals surface area contributed by atoms with Crippen LogP contribution in [0.4, 0.5) is 0 Å². The molecular formula is C20H32O8. The van der Waals surface area contributed by atoms with Crippen molar-refractivity contribution in [1.82, 2.24) is 0 Å². The van der Waals surface area contributed by atoms with Crippen molar-refractivity contribution in [2.75, 3.05) is 26.4 Å². The Morgan fingerprint density at radius 1 is 0.786 bits per heavy atom. The normalized spacial score (nSPS) is 32.1. The summed E-state index contributed by atoms with van der Waals surface area (Å²) in [6.07, 6.45) is 0.338. The van der Waals surface area contributed by atoms with Gasteiger partial charge in [0, 0.05) is 39.9 Å². The van der Waals surface area contributed by atoms with E-state index in [0.29, 0.717) is 24.7 Å². The van der Waals surface area contributed by atoms with E-state index in [1.54, 1.807) is 27.7 Å². The van der Waals surface area contributed by atoms with Gasteiger partial charge in [0.2, 0.25) is 0 Å². The van der Waals surface area contributed by atoms with Gasteiger partial charge in [-0.15, -0.1) is 0 Å². The Morgan fingerprint density at radius 3 is 1.43 bits per heavy atom. The third-order valence-corrected chi connectivity index (χ3v) is 5.09. The van der Waals surface area contributed by atoms with Gasteiger partial charge in [0.15, 0.2) is 0 Å². The predicted octanol–water partition coefficient (Wildman–Crippen LogP) is 2.90. The van der Waals surface area contributed by atoms with Crippen LogP contribution in [0.1, 0.15) is 54.4 Å². The molecule has 0 aromatic rings. The average molecular weight is 400 g/mol. The monoisotopic (exact) mass is 400 g/mol. The first-order valence-corrected chi connectivity index (χ1v) is 9.96. The maximum Gasteiger partial charge on any atom is 0.310 e. The van der Waals surface area contributed by atoms with Crippen molar-refractivity contribution in [3.05, 3.63) is 11.5 Å². The molecule has 0 aromatic heterocycles. The molecule has 0 unspecified atom stereocenters. The van der Waals surface area contributed by atoms with Crippen molar-refractivity contribution in [2.24, 2.45) is 11.8 Å². The Hall–Kier alpha value is -1.80. The molecule has 0 radical (unpaired) electrons. The number of allylic oxidation sites excluding steroid dienone is 2. The lowest BCUT2D eigenvalue weighted by Crippen LogP contribution is -2.60. The van der Waals surface area contributed by atoms with Gasteiger partial charge in [0.1, 0.15) is 11.5 Å². The number of esters is 2. The van der Waals surface area contributed by atoms with Crippen molar-refractivity contribution >= 4 is 11.9 Å². The first-order chi connectivity index (χ1) is 13.2. The lowest BCUT2D eigenvalue weighted by Gasteiger charge is -2.50. The van der Waals surface area contributed by atoms with Crippen LogP contribution in [-0.2, 0) is 38.0 Å². The molecule has 160 valence electrons. The van der Waals surface area contributed by atoms with Gasteiger partial charge in [-0.2, -0.15) is 0 Å². The van der Waals surface area contributed by atoms with Crippen LogP contribution in [0.15, 0.2) is 11.5 Å². The highest BCUT2D eigenvalue weighted by Gasteiger charge is 2.58. The van der Waals surface area contributed by atoms with E-state index in [4.69, 9.17) is 28.4 Å². The molecule has 4 atom stereocenters. The topological polar surface area (TPSA) is 89.5 Å². The maximum atomic E-state index is 12.5. The van der Waals surface area contributed by atoms with Gasteiger partial charge in [-0.05, 0) is 27.7 Å². The SMILES string of the molecule is CCOC(=O)[C@@H]1CC2=C(C[C@H]1C(=O)OCC)O[C@@](C)(OCC)[C@](C)(OCC)O2. The Balaban J connectivity index is 2.39. The fourth-order valence-electron chi connectivity index (χ4n) is 3.63. The third-order valence-electron chi connectivity index (χ3n) is 5.09. The molecule has 1 aliphatic heterocycles. The molecule has 28 heavy (non-hydrogen) atoms. The number of rotatable bonds is 8. The van der Waals surface area contributed by atoms with Crippen molar-refractivity contribution < 1.29 is 38.0 Å². The smallest absolute Gasteiger partial charge is 0.310 e. The number of carbonyl (C=O) groups is 2. The fourth-order valence-corrected chi connectivity index (χ4v) is 3.63. The van der Waals surface area contributed by atoms with E-state index in [0.717, 1.165) is 0 Å². The first kappa shape index (κ1) is 22.5. The molecular weight excluding hydrogens is 368 g/mol. The standard InChI is InChI=1S/C20H32O8/c1-7-23-17(21)13-11-15-16(12-14(13)18(22)24-8-2)28-20(6,26-10-4)19(5,27-15)25-9-3/h13-14H,7-12H2,1-6H3/t13-,14-,19-,20-/m1/s1. The summed E-state index contributed by atoms with van der Waals surface area (Å²) >= 11 is 0. The quantitative estimate of drug-likeness (QED) is 0.575. The Bertz CT molecular complexity index is 563. The molecule has 0 bridgehead atoms. The van der Waals surface area contributed by atoms with Gasteiger partial charge in [-0.25, -0.2) is 0 Å². The zero-order valence-electron chi connectivity index (χ0n) is 17.7. The van der Waals surface area contributed by atoms with Crippen LogP contribution >= 0.6 is 0 Å². The van der Waals surface area contributed by atoms with Crippen molar-refractivity contribution in [2.45, 2.75) is 66.0 Å². The Labute approximate surface area is 166 Å².